The summed E-state index contributed by atoms with van der Waals surface area (Å²) in [6, 6.07) is 1.54. The number of rotatable bonds is 1. The fourth-order valence-corrected chi connectivity index (χ4v) is 1.44. The van der Waals surface area contributed by atoms with Gasteiger partial charge in [0, 0.05) is 6.20 Å². The minimum Gasteiger partial charge on any atom is -0.228 e. The van der Waals surface area contributed by atoms with Crippen LogP contribution in [0.5, 0.6) is 0 Å². The van der Waals surface area contributed by atoms with Crippen LogP contribution in [0.4, 0.5) is 4.39 Å². The summed E-state index contributed by atoms with van der Waals surface area (Å²) in [5, 5.41) is 0. The van der Waals surface area contributed by atoms with Crippen LogP contribution in [-0.4, -0.2) is 4.98 Å². The summed E-state index contributed by atoms with van der Waals surface area (Å²) in [6.45, 7) is 8.31. The van der Waals surface area contributed by atoms with E-state index in [1.807, 2.05) is 0 Å². The molecule has 1 rings (SSSR count). The largest absolute Gasteiger partial charge is 0.228 e. The molecule has 1 aromatic rings. The molecule has 0 aliphatic carbocycles. The van der Waals surface area contributed by atoms with E-state index in [0.717, 1.165) is 17.5 Å². The number of pyridine rings is 1. The Morgan fingerprint density at radius 2 is 2.00 bits per heavy atom. The van der Waals surface area contributed by atoms with Crippen molar-refractivity contribution in [1.82, 2.24) is 4.98 Å². The monoisotopic (exact) mass is 181 g/mol. The number of aryl methyl sites for hydroxylation is 1. The van der Waals surface area contributed by atoms with Crippen LogP contribution in [0.15, 0.2) is 12.3 Å². The van der Waals surface area contributed by atoms with E-state index in [2.05, 4.69) is 32.7 Å². The van der Waals surface area contributed by atoms with Crippen molar-refractivity contribution in [2.75, 3.05) is 0 Å². The molecule has 0 saturated carbocycles. The molecule has 0 N–H and O–H groups in total. The van der Waals surface area contributed by atoms with Crippen LogP contribution < -0.4 is 0 Å². The fraction of sp³-hybridized carbons (Fsp3) is 0.545. The lowest BCUT2D eigenvalue weighted by Crippen LogP contribution is -2.15. The lowest BCUT2D eigenvalue weighted by molar-refractivity contribution is 0.545. The van der Waals surface area contributed by atoms with Gasteiger partial charge in [0.2, 0.25) is 5.95 Å². The van der Waals surface area contributed by atoms with E-state index < -0.39 is 0 Å². The van der Waals surface area contributed by atoms with Crippen molar-refractivity contribution in [2.24, 2.45) is 0 Å². The number of halogens is 1. The van der Waals surface area contributed by atoms with Crippen molar-refractivity contribution in [3.05, 3.63) is 29.3 Å². The van der Waals surface area contributed by atoms with Gasteiger partial charge in [0.05, 0.1) is 0 Å². The van der Waals surface area contributed by atoms with Gasteiger partial charge in [0.25, 0.3) is 0 Å². The Morgan fingerprint density at radius 1 is 1.38 bits per heavy atom. The maximum atomic E-state index is 12.9. The van der Waals surface area contributed by atoms with Crippen molar-refractivity contribution in [2.45, 2.75) is 39.5 Å². The Bertz CT molecular complexity index is 299. The van der Waals surface area contributed by atoms with Crippen LogP contribution in [0, 0.1) is 5.95 Å². The van der Waals surface area contributed by atoms with Gasteiger partial charge in [-0.2, -0.15) is 4.39 Å². The molecule has 1 nitrogen and oxygen atoms in total. The molecule has 0 aliphatic rings. The Morgan fingerprint density at radius 3 is 2.46 bits per heavy atom. The highest BCUT2D eigenvalue weighted by Gasteiger charge is 2.18. The van der Waals surface area contributed by atoms with E-state index in [1.54, 1.807) is 12.3 Å². The highest BCUT2D eigenvalue weighted by Crippen LogP contribution is 2.25. The zero-order valence-electron chi connectivity index (χ0n) is 8.69. The van der Waals surface area contributed by atoms with Gasteiger partial charge < -0.3 is 0 Å². The summed E-state index contributed by atoms with van der Waals surface area (Å²) >= 11 is 0. The molecule has 72 valence electrons. The van der Waals surface area contributed by atoms with Crippen molar-refractivity contribution >= 4 is 0 Å². The van der Waals surface area contributed by atoms with Gasteiger partial charge in [-0.1, -0.05) is 27.7 Å². The maximum absolute atomic E-state index is 12.9. The van der Waals surface area contributed by atoms with Gasteiger partial charge in [-0.05, 0) is 29.0 Å². The van der Waals surface area contributed by atoms with Crippen LogP contribution in [-0.2, 0) is 11.8 Å². The van der Waals surface area contributed by atoms with Gasteiger partial charge in [0.15, 0.2) is 0 Å². The Hall–Kier alpha value is -0.920. The first-order valence-electron chi connectivity index (χ1n) is 4.60. The lowest BCUT2D eigenvalue weighted by atomic mass is 9.84. The number of hydrogen-bond donors (Lipinski definition) is 0. The Balaban J connectivity index is 3.24. The maximum Gasteiger partial charge on any atom is 0.213 e. The van der Waals surface area contributed by atoms with Crippen LogP contribution in [0.1, 0.15) is 38.8 Å². The number of nitrogens with zero attached hydrogens (tertiary/aromatic N) is 1. The number of hydrogen-bond acceptors (Lipinski definition) is 1. The molecule has 0 aliphatic heterocycles. The second-order valence-electron chi connectivity index (χ2n) is 4.27. The molecule has 0 atom stereocenters. The third-order valence-corrected chi connectivity index (χ3v) is 2.14. The Labute approximate surface area is 79.0 Å². The lowest BCUT2D eigenvalue weighted by Gasteiger charge is -2.21. The van der Waals surface area contributed by atoms with E-state index in [4.69, 9.17) is 0 Å². The fourth-order valence-electron chi connectivity index (χ4n) is 1.44. The van der Waals surface area contributed by atoms with Gasteiger partial charge >= 0.3 is 0 Å². The van der Waals surface area contributed by atoms with E-state index >= 15 is 0 Å². The molecule has 0 unspecified atom stereocenters. The van der Waals surface area contributed by atoms with Crippen molar-refractivity contribution in [3.63, 3.8) is 0 Å². The zero-order valence-corrected chi connectivity index (χ0v) is 8.69. The predicted octanol–water partition coefficient (Wildman–Crippen LogP) is 3.08. The second-order valence-corrected chi connectivity index (χ2v) is 4.27. The van der Waals surface area contributed by atoms with E-state index in [9.17, 15) is 4.39 Å². The summed E-state index contributed by atoms with van der Waals surface area (Å²) in [5.74, 6) is -0.387. The third kappa shape index (κ3) is 2.27. The van der Waals surface area contributed by atoms with Crippen LogP contribution in [0.25, 0.3) is 0 Å². The smallest absolute Gasteiger partial charge is 0.213 e. The topological polar surface area (TPSA) is 12.9 Å². The molecule has 13 heavy (non-hydrogen) atoms. The summed E-state index contributed by atoms with van der Waals surface area (Å²) in [5.41, 5.74) is 2.19. The summed E-state index contributed by atoms with van der Waals surface area (Å²) in [6.07, 6.45) is 2.54. The summed E-state index contributed by atoms with van der Waals surface area (Å²) < 4.78 is 12.9. The van der Waals surface area contributed by atoms with E-state index in [0.29, 0.717) is 0 Å². The summed E-state index contributed by atoms with van der Waals surface area (Å²) in [7, 11) is 0. The average molecular weight is 181 g/mol. The van der Waals surface area contributed by atoms with E-state index in [1.165, 1.54) is 0 Å². The first-order chi connectivity index (χ1) is 5.95. The number of aromatic nitrogens is 1. The highest BCUT2D eigenvalue weighted by atomic mass is 19.1. The molecular weight excluding hydrogens is 165 g/mol. The van der Waals surface area contributed by atoms with Crippen molar-refractivity contribution < 1.29 is 4.39 Å². The van der Waals surface area contributed by atoms with Gasteiger partial charge in [-0.15, -0.1) is 0 Å². The molecule has 0 fully saturated rings. The standard InChI is InChI=1S/C11H16FN/c1-5-8-7-13-10(12)6-9(8)11(2,3)4/h6-7H,5H2,1-4H3. The highest BCUT2D eigenvalue weighted by molar-refractivity contribution is 5.30. The molecule has 0 saturated heterocycles. The molecule has 0 radical (unpaired) electrons. The normalized spacial score (nSPS) is 11.8. The second kappa shape index (κ2) is 3.44. The molecule has 2 heteroatoms. The predicted molar refractivity (Wildman–Crippen MR) is 52.3 cm³/mol. The van der Waals surface area contributed by atoms with Crippen molar-refractivity contribution in [3.8, 4) is 0 Å². The van der Waals surface area contributed by atoms with Crippen molar-refractivity contribution in [1.29, 1.82) is 0 Å². The van der Waals surface area contributed by atoms with Crippen LogP contribution >= 0.6 is 0 Å². The minimum absolute atomic E-state index is 0.00484. The van der Waals surface area contributed by atoms with E-state index in [-0.39, 0.29) is 11.4 Å². The van der Waals surface area contributed by atoms with Crippen LogP contribution in [0.2, 0.25) is 0 Å². The molecule has 0 amide bonds. The molecule has 1 heterocycles. The molecular formula is C11H16FN. The molecule has 0 aromatic carbocycles. The molecule has 0 bridgehead atoms. The SMILES string of the molecule is CCc1cnc(F)cc1C(C)(C)C. The minimum atomic E-state index is -0.387. The average Bonchev–Trinajstić information content (AvgIpc) is 2.03. The quantitative estimate of drug-likeness (QED) is 0.607. The Kier molecular flexibility index (Phi) is 2.69. The van der Waals surface area contributed by atoms with Gasteiger partial charge in [0.1, 0.15) is 0 Å². The van der Waals surface area contributed by atoms with Gasteiger partial charge in [-0.25, -0.2) is 4.98 Å². The zero-order chi connectivity index (χ0) is 10.1. The molecule has 1 aromatic heterocycles. The van der Waals surface area contributed by atoms with Crippen LogP contribution in [0.3, 0.4) is 0 Å². The van der Waals surface area contributed by atoms with Gasteiger partial charge in [-0.3, -0.25) is 0 Å². The molecule has 0 spiro atoms. The first kappa shape index (κ1) is 10.2. The summed E-state index contributed by atoms with van der Waals surface area (Å²) in [4.78, 5) is 3.66. The first-order valence-corrected chi connectivity index (χ1v) is 4.60. The third-order valence-electron chi connectivity index (χ3n) is 2.14.